The largest absolute Gasteiger partial charge is 0.301 e. The van der Waals surface area contributed by atoms with E-state index >= 15 is 0 Å². The highest BCUT2D eigenvalue weighted by Crippen LogP contribution is 2.30. The molecule has 0 unspecified atom stereocenters. The minimum Gasteiger partial charge on any atom is -0.301 e. The second-order valence-corrected chi connectivity index (χ2v) is 5.69. The summed E-state index contributed by atoms with van der Waals surface area (Å²) in [4.78, 5) is 48.4. The number of fused-ring (bicyclic) bond motifs is 1. The van der Waals surface area contributed by atoms with E-state index in [0.29, 0.717) is 11.8 Å². The lowest BCUT2D eigenvalue weighted by molar-refractivity contribution is -0.484. The predicted octanol–water partition coefficient (Wildman–Crippen LogP) is 1.91. The van der Waals surface area contributed by atoms with Crippen molar-refractivity contribution in [1.82, 2.24) is 4.90 Å². The van der Waals surface area contributed by atoms with Crippen molar-refractivity contribution in [2.45, 2.75) is 12.0 Å². The van der Waals surface area contributed by atoms with Gasteiger partial charge in [0.25, 0.3) is 11.8 Å². The van der Waals surface area contributed by atoms with Gasteiger partial charge in [0.2, 0.25) is 6.54 Å². The summed E-state index contributed by atoms with van der Waals surface area (Å²) in [6, 6.07) is 13.4. The van der Waals surface area contributed by atoms with Crippen molar-refractivity contribution in [3.05, 3.63) is 81.4 Å². The molecule has 0 bridgehead atoms. The van der Waals surface area contributed by atoms with E-state index in [4.69, 9.17) is 0 Å². The number of rotatable bonds is 6. The lowest BCUT2D eigenvalue weighted by atomic mass is 9.91. The number of hydrogen-bond donors (Lipinski definition) is 0. The molecule has 0 fully saturated rings. The Labute approximate surface area is 143 Å². The molecule has 1 heterocycles. The number of aldehydes is 1. The third-order valence-electron chi connectivity index (χ3n) is 4.25. The lowest BCUT2D eigenvalue weighted by Crippen LogP contribution is -2.46. The molecule has 2 amide bonds. The second-order valence-electron chi connectivity index (χ2n) is 5.69. The van der Waals surface area contributed by atoms with Crippen molar-refractivity contribution in [3.63, 3.8) is 0 Å². The summed E-state index contributed by atoms with van der Waals surface area (Å²) >= 11 is 0. The van der Waals surface area contributed by atoms with E-state index in [9.17, 15) is 24.5 Å². The zero-order valence-electron chi connectivity index (χ0n) is 13.1. The molecule has 7 heteroatoms. The highest BCUT2D eigenvalue weighted by Gasteiger charge is 2.44. The number of imide groups is 1. The third kappa shape index (κ3) is 2.91. The average molecular weight is 338 g/mol. The zero-order valence-corrected chi connectivity index (χ0v) is 13.1. The minimum atomic E-state index is -1.25. The van der Waals surface area contributed by atoms with Crippen LogP contribution in [0.2, 0.25) is 0 Å². The van der Waals surface area contributed by atoms with Gasteiger partial charge in [0.05, 0.1) is 17.0 Å². The van der Waals surface area contributed by atoms with Gasteiger partial charge in [-0.15, -0.1) is 0 Å². The molecule has 25 heavy (non-hydrogen) atoms. The number of carbonyl (C=O) groups is 3. The number of amides is 2. The van der Waals surface area contributed by atoms with Crippen LogP contribution in [0.5, 0.6) is 0 Å². The van der Waals surface area contributed by atoms with Gasteiger partial charge in [-0.25, -0.2) is 0 Å². The van der Waals surface area contributed by atoms with Gasteiger partial charge < -0.3 is 4.79 Å². The fraction of sp³-hybridized carbons (Fsp3) is 0.167. The third-order valence-corrected chi connectivity index (χ3v) is 4.25. The maximum absolute atomic E-state index is 12.6. The SMILES string of the molecule is O=C[C@H]([C@H](C[N+](=O)[O-])c1ccccc1)N1C(=O)c2ccccc2C1=O. The molecular formula is C18H14N2O5. The summed E-state index contributed by atoms with van der Waals surface area (Å²) < 4.78 is 0. The van der Waals surface area contributed by atoms with Gasteiger partial charge in [0.1, 0.15) is 12.3 Å². The van der Waals surface area contributed by atoms with Crippen LogP contribution < -0.4 is 0 Å². The monoisotopic (exact) mass is 338 g/mol. The Morgan fingerprint density at radius 2 is 1.48 bits per heavy atom. The quantitative estimate of drug-likeness (QED) is 0.347. The van der Waals surface area contributed by atoms with E-state index in [0.717, 1.165) is 4.90 Å². The van der Waals surface area contributed by atoms with E-state index in [-0.39, 0.29) is 11.1 Å². The number of hydrogen-bond acceptors (Lipinski definition) is 5. The van der Waals surface area contributed by atoms with Crippen molar-refractivity contribution < 1.29 is 19.3 Å². The van der Waals surface area contributed by atoms with Crippen molar-refractivity contribution >= 4 is 18.1 Å². The second kappa shape index (κ2) is 6.64. The molecule has 2 atom stereocenters. The van der Waals surface area contributed by atoms with Crippen LogP contribution in [0, 0.1) is 10.1 Å². The van der Waals surface area contributed by atoms with Crippen LogP contribution in [0.3, 0.4) is 0 Å². The van der Waals surface area contributed by atoms with Crippen LogP contribution >= 0.6 is 0 Å². The lowest BCUT2D eigenvalue weighted by Gasteiger charge is -2.27. The van der Waals surface area contributed by atoms with Gasteiger partial charge in [-0.3, -0.25) is 24.6 Å². The first-order valence-electron chi connectivity index (χ1n) is 7.63. The molecule has 0 aromatic heterocycles. The van der Waals surface area contributed by atoms with E-state index in [1.54, 1.807) is 42.5 Å². The van der Waals surface area contributed by atoms with Crippen molar-refractivity contribution in [3.8, 4) is 0 Å². The van der Waals surface area contributed by atoms with Crippen LogP contribution in [-0.4, -0.2) is 40.5 Å². The van der Waals surface area contributed by atoms with E-state index in [2.05, 4.69) is 0 Å². The summed E-state index contributed by atoms with van der Waals surface area (Å²) in [5.41, 5.74) is 0.924. The van der Waals surface area contributed by atoms with E-state index < -0.39 is 35.2 Å². The predicted molar refractivity (Wildman–Crippen MR) is 87.8 cm³/mol. The van der Waals surface area contributed by atoms with Gasteiger partial charge in [-0.05, 0) is 17.7 Å². The molecule has 0 aliphatic carbocycles. The Bertz CT molecular complexity index is 815. The van der Waals surface area contributed by atoms with Gasteiger partial charge >= 0.3 is 0 Å². The topological polar surface area (TPSA) is 97.6 Å². The summed E-state index contributed by atoms with van der Waals surface area (Å²) in [6.07, 6.45) is 0.433. The first-order valence-corrected chi connectivity index (χ1v) is 7.63. The van der Waals surface area contributed by atoms with Crippen molar-refractivity contribution in [2.24, 2.45) is 0 Å². The summed E-state index contributed by atoms with van der Waals surface area (Å²) in [5, 5.41) is 11.1. The Kier molecular flexibility index (Phi) is 4.38. The average Bonchev–Trinajstić information content (AvgIpc) is 2.87. The van der Waals surface area contributed by atoms with Crippen LogP contribution in [0.15, 0.2) is 54.6 Å². The van der Waals surface area contributed by atoms with Gasteiger partial charge in [0.15, 0.2) is 0 Å². The van der Waals surface area contributed by atoms with E-state index in [1.807, 2.05) is 0 Å². The molecule has 3 rings (SSSR count). The Morgan fingerprint density at radius 3 is 1.96 bits per heavy atom. The molecule has 0 saturated heterocycles. The number of benzene rings is 2. The highest BCUT2D eigenvalue weighted by atomic mass is 16.6. The maximum Gasteiger partial charge on any atom is 0.262 e. The fourth-order valence-corrected chi connectivity index (χ4v) is 3.09. The molecule has 1 aliphatic heterocycles. The first kappa shape index (κ1) is 16.5. The van der Waals surface area contributed by atoms with Crippen LogP contribution in [0.1, 0.15) is 32.2 Å². The molecule has 0 N–H and O–H groups in total. The normalized spacial score (nSPS) is 15.6. The maximum atomic E-state index is 12.6. The van der Waals surface area contributed by atoms with Crippen LogP contribution in [-0.2, 0) is 4.79 Å². The summed E-state index contributed by atoms with van der Waals surface area (Å²) in [5.74, 6) is -2.14. The van der Waals surface area contributed by atoms with Gasteiger partial charge in [-0.2, -0.15) is 0 Å². The molecule has 7 nitrogen and oxygen atoms in total. The molecule has 2 aromatic rings. The van der Waals surface area contributed by atoms with E-state index in [1.165, 1.54) is 12.1 Å². The van der Waals surface area contributed by atoms with Crippen LogP contribution in [0.4, 0.5) is 0 Å². The Hall–Kier alpha value is -3.35. The number of nitrogens with zero attached hydrogens (tertiary/aromatic N) is 2. The first-order chi connectivity index (χ1) is 12.0. The highest BCUT2D eigenvalue weighted by molar-refractivity contribution is 6.22. The van der Waals surface area contributed by atoms with Gasteiger partial charge in [-0.1, -0.05) is 42.5 Å². The van der Waals surface area contributed by atoms with Crippen molar-refractivity contribution in [2.75, 3.05) is 6.54 Å². The molecule has 126 valence electrons. The Balaban J connectivity index is 2.03. The molecule has 0 spiro atoms. The molecule has 0 saturated carbocycles. The molecular weight excluding hydrogens is 324 g/mol. The number of nitro groups is 1. The minimum absolute atomic E-state index is 0.201. The zero-order chi connectivity index (χ0) is 18.0. The smallest absolute Gasteiger partial charge is 0.262 e. The molecule has 2 aromatic carbocycles. The molecule has 1 aliphatic rings. The van der Waals surface area contributed by atoms with Crippen LogP contribution in [0.25, 0.3) is 0 Å². The summed E-state index contributed by atoms with van der Waals surface area (Å²) in [6.45, 7) is -0.569. The Morgan fingerprint density at radius 1 is 0.960 bits per heavy atom. The molecule has 0 radical (unpaired) electrons. The summed E-state index contributed by atoms with van der Waals surface area (Å²) in [7, 11) is 0. The fourth-order valence-electron chi connectivity index (χ4n) is 3.09. The van der Waals surface area contributed by atoms with Gasteiger partial charge in [0, 0.05) is 4.92 Å². The number of carbonyl (C=O) groups excluding carboxylic acids is 3. The van der Waals surface area contributed by atoms with Crippen molar-refractivity contribution in [1.29, 1.82) is 0 Å². The standard InChI is InChI=1S/C18H14N2O5/c21-11-16(15(10-19(24)25)12-6-2-1-3-7-12)20-17(22)13-8-4-5-9-14(13)18(20)23/h1-9,11,15-16H,10H2/t15-,16-/m1/s1.